The highest BCUT2D eigenvalue weighted by Gasteiger charge is 2.18. The molecule has 1 heterocycles. The van der Waals surface area contributed by atoms with Crippen molar-refractivity contribution in [3.8, 4) is 0 Å². The van der Waals surface area contributed by atoms with Crippen molar-refractivity contribution in [3.63, 3.8) is 0 Å². The SMILES string of the molecule is CCc1ccc(CC(O)C(C)C(C)C)s1. The van der Waals surface area contributed by atoms with E-state index >= 15 is 0 Å². The smallest absolute Gasteiger partial charge is 0.0616 e. The Morgan fingerprint density at radius 2 is 1.80 bits per heavy atom. The molecule has 0 saturated heterocycles. The first-order valence-corrected chi connectivity index (χ1v) is 6.61. The molecule has 0 spiro atoms. The fraction of sp³-hybridized carbons (Fsp3) is 0.692. The third kappa shape index (κ3) is 3.62. The number of aryl methyl sites for hydroxylation is 1. The maximum Gasteiger partial charge on any atom is 0.0616 e. The third-order valence-electron chi connectivity index (χ3n) is 3.13. The molecule has 1 aromatic heterocycles. The quantitative estimate of drug-likeness (QED) is 0.814. The van der Waals surface area contributed by atoms with Crippen LogP contribution in [0.5, 0.6) is 0 Å². The van der Waals surface area contributed by atoms with Gasteiger partial charge in [0, 0.05) is 16.2 Å². The second kappa shape index (κ2) is 5.66. The van der Waals surface area contributed by atoms with Crippen molar-refractivity contribution >= 4 is 11.3 Å². The molecule has 0 radical (unpaired) electrons. The summed E-state index contributed by atoms with van der Waals surface area (Å²) in [6.07, 6.45) is 1.71. The van der Waals surface area contributed by atoms with E-state index in [1.807, 2.05) is 11.3 Å². The Labute approximate surface area is 97.2 Å². The number of hydrogen-bond donors (Lipinski definition) is 1. The van der Waals surface area contributed by atoms with Gasteiger partial charge in [0.1, 0.15) is 0 Å². The van der Waals surface area contributed by atoms with Crippen LogP contribution in [0.25, 0.3) is 0 Å². The summed E-state index contributed by atoms with van der Waals surface area (Å²) >= 11 is 1.83. The number of rotatable bonds is 5. The van der Waals surface area contributed by atoms with Crippen LogP contribution in [0.2, 0.25) is 0 Å². The molecule has 2 heteroatoms. The maximum atomic E-state index is 10.0. The summed E-state index contributed by atoms with van der Waals surface area (Å²) in [6.45, 7) is 8.63. The molecule has 0 aliphatic rings. The van der Waals surface area contributed by atoms with Crippen molar-refractivity contribution in [1.82, 2.24) is 0 Å². The predicted octanol–water partition coefficient (Wildman–Crippen LogP) is 3.51. The van der Waals surface area contributed by atoms with Crippen LogP contribution < -0.4 is 0 Å². The molecule has 0 bridgehead atoms. The van der Waals surface area contributed by atoms with Gasteiger partial charge in [-0.05, 0) is 30.4 Å². The molecule has 86 valence electrons. The Bertz CT molecular complexity index is 290. The van der Waals surface area contributed by atoms with Gasteiger partial charge in [-0.3, -0.25) is 0 Å². The molecule has 15 heavy (non-hydrogen) atoms. The highest BCUT2D eigenvalue weighted by atomic mass is 32.1. The van der Waals surface area contributed by atoms with E-state index in [1.165, 1.54) is 9.75 Å². The normalized spacial score (nSPS) is 15.6. The lowest BCUT2D eigenvalue weighted by Crippen LogP contribution is -2.24. The van der Waals surface area contributed by atoms with Gasteiger partial charge in [-0.15, -0.1) is 11.3 Å². The third-order valence-corrected chi connectivity index (χ3v) is 4.39. The largest absolute Gasteiger partial charge is 0.392 e. The van der Waals surface area contributed by atoms with Crippen molar-refractivity contribution in [2.24, 2.45) is 11.8 Å². The second-order valence-electron chi connectivity index (χ2n) is 4.60. The topological polar surface area (TPSA) is 20.2 Å². The fourth-order valence-electron chi connectivity index (χ4n) is 1.56. The number of aliphatic hydroxyl groups excluding tert-OH is 1. The van der Waals surface area contributed by atoms with Crippen LogP contribution in [0.1, 0.15) is 37.4 Å². The molecule has 0 fully saturated rings. The van der Waals surface area contributed by atoms with Crippen LogP contribution in [0.3, 0.4) is 0 Å². The van der Waals surface area contributed by atoms with Crippen LogP contribution in [-0.2, 0) is 12.8 Å². The minimum absolute atomic E-state index is 0.201. The summed E-state index contributed by atoms with van der Waals surface area (Å²) in [4.78, 5) is 2.72. The molecular weight excluding hydrogens is 204 g/mol. The van der Waals surface area contributed by atoms with Crippen molar-refractivity contribution in [2.45, 2.75) is 46.6 Å². The van der Waals surface area contributed by atoms with E-state index in [9.17, 15) is 5.11 Å². The zero-order valence-corrected chi connectivity index (χ0v) is 11.0. The van der Waals surface area contributed by atoms with E-state index < -0.39 is 0 Å². The molecule has 0 saturated carbocycles. The summed E-state index contributed by atoms with van der Waals surface area (Å²) < 4.78 is 0. The number of hydrogen-bond acceptors (Lipinski definition) is 2. The van der Waals surface area contributed by atoms with Crippen molar-refractivity contribution in [3.05, 3.63) is 21.9 Å². The van der Waals surface area contributed by atoms with E-state index in [2.05, 4.69) is 39.8 Å². The van der Waals surface area contributed by atoms with Crippen LogP contribution in [0.15, 0.2) is 12.1 Å². The van der Waals surface area contributed by atoms with Gasteiger partial charge in [-0.25, -0.2) is 0 Å². The minimum Gasteiger partial charge on any atom is -0.392 e. The van der Waals surface area contributed by atoms with E-state index in [0.717, 1.165) is 12.8 Å². The maximum absolute atomic E-state index is 10.0. The summed E-state index contributed by atoms with van der Waals surface area (Å²) in [5.41, 5.74) is 0. The van der Waals surface area contributed by atoms with Crippen LogP contribution in [0, 0.1) is 11.8 Å². The van der Waals surface area contributed by atoms with Gasteiger partial charge >= 0.3 is 0 Å². The lowest BCUT2D eigenvalue weighted by Gasteiger charge is -2.21. The monoisotopic (exact) mass is 226 g/mol. The molecule has 0 amide bonds. The van der Waals surface area contributed by atoms with Gasteiger partial charge in [0.2, 0.25) is 0 Å². The highest BCUT2D eigenvalue weighted by molar-refractivity contribution is 7.11. The van der Waals surface area contributed by atoms with E-state index in [4.69, 9.17) is 0 Å². The van der Waals surface area contributed by atoms with Gasteiger partial charge in [0.25, 0.3) is 0 Å². The van der Waals surface area contributed by atoms with E-state index in [0.29, 0.717) is 11.8 Å². The van der Waals surface area contributed by atoms with Crippen LogP contribution >= 0.6 is 11.3 Å². The molecule has 0 aromatic carbocycles. The zero-order chi connectivity index (χ0) is 11.4. The first-order chi connectivity index (χ1) is 7.04. The van der Waals surface area contributed by atoms with Gasteiger partial charge in [-0.1, -0.05) is 27.7 Å². The second-order valence-corrected chi connectivity index (χ2v) is 5.85. The Kier molecular flexibility index (Phi) is 4.81. The number of aliphatic hydroxyl groups is 1. The molecule has 1 nitrogen and oxygen atoms in total. The van der Waals surface area contributed by atoms with E-state index in [1.54, 1.807) is 0 Å². The average molecular weight is 226 g/mol. The van der Waals surface area contributed by atoms with E-state index in [-0.39, 0.29) is 6.10 Å². The fourth-order valence-corrected chi connectivity index (χ4v) is 2.57. The molecule has 0 aliphatic heterocycles. The van der Waals surface area contributed by atoms with Gasteiger partial charge < -0.3 is 5.11 Å². The Balaban J connectivity index is 2.54. The first-order valence-electron chi connectivity index (χ1n) is 5.80. The predicted molar refractivity (Wildman–Crippen MR) is 67.4 cm³/mol. The Morgan fingerprint density at radius 3 is 2.27 bits per heavy atom. The lowest BCUT2D eigenvalue weighted by molar-refractivity contribution is 0.0929. The van der Waals surface area contributed by atoms with Gasteiger partial charge in [0.05, 0.1) is 6.10 Å². The average Bonchev–Trinajstić information content (AvgIpc) is 2.64. The first kappa shape index (κ1) is 12.7. The van der Waals surface area contributed by atoms with Crippen LogP contribution in [0.4, 0.5) is 0 Å². The lowest BCUT2D eigenvalue weighted by atomic mass is 9.90. The summed E-state index contributed by atoms with van der Waals surface area (Å²) in [7, 11) is 0. The highest BCUT2D eigenvalue weighted by Crippen LogP contribution is 2.23. The Morgan fingerprint density at radius 1 is 1.20 bits per heavy atom. The molecule has 1 aromatic rings. The van der Waals surface area contributed by atoms with Gasteiger partial charge in [-0.2, -0.15) is 0 Å². The summed E-state index contributed by atoms with van der Waals surface area (Å²) in [5, 5.41) is 10.0. The molecule has 2 atom stereocenters. The van der Waals surface area contributed by atoms with Crippen LogP contribution in [-0.4, -0.2) is 11.2 Å². The molecule has 1 N–H and O–H groups in total. The van der Waals surface area contributed by atoms with Crippen molar-refractivity contribution in [1.29, 1.82) is 0 Å². The van der Waals surface area contributed by atoms with Crippen molar-refractivity contribution in [2.75, 3.05) is 0 Å². The molecule has 2 unspecified atom stereocenters. The standard InChI is InChI=1S/C13H22OS/c1-5-11-6-7-12(15-11)8-13(14)10(4)9(2)3/h6-7,9-10,13-14H,5,8H2,1-4H3. The minimum atomic E-state index is -0.201. The van der Waals surface area contributed by atoms with Crippen molar-refractivity contribution < 1.29 is 5.11 Å². The van der Waals surface area contributed by atoms with Gasteiger partial charge in [0.15, 0.2) is 0 Å². The summed E-state index contributed by atoms with van der Waals surface area (Å²) in [6, 6.07) is 4.33. The number of thiophene rings is 1. The molecule has 0 aliphatic carbocycles. The molecular formula is C13H22OS. The molecule has 1 rings (SSSR count). The Hall–Kier alpha value is -0.340. The summed E-state index contributed by atoms with van der Waals surface area (Å²) in [5.74, 6) is 0.919. The zero-order valence-electron chi connectivity index (χ0n) is 10.2.